The fourth-order valence-electron chi connectivity index (χ4n) is 2.79. The van der Waals surface area contributed by atoms with Crippen LogP contribution in [0, 0.1) is 23.4 Å². The lowest BCUT2D eigenvalue weighted by Gasteiger charge is -2.17. The topological polar surface area (TPSA) is 49.4 Å². The highest BCUT2D eigenvalue weighted by molar-refractivity contribution is 6.31. The number of hydrogen-bond acceptors (Lipinski definition) is 2. The number of carbonyl (C=O) groups is 2. The molecule has 0 aromatic heterocycles. The Morgan fingerprint density at radius 3 is 2.62 bits per heavy atom. The minimum absolute atomic E-state index is 0.0540. The van der Waals surface area contributed by atoms with Crippen LogP contribution in [0.5, 0.6) is 0 Å². The molecule has 2 aromatic carbocycles. The second kappa shape index (κ2) is 7.37. The van der Waals surface area contributed by atoms with Crippen molar-refractivity contribution in [2.24, 2.45) is 5.92 Å². The Kier molecular flexibility index (Phi) is 5.18. The largest absolute Gasteiger partial charge is 0.337 e. The number of amides is 2. The van der Waals surface area contributed by atoms with Crippen molar-refractivity contribution in [3.8, 4) is 0 Å². The molecule has 136 valence electrons. The van der Waals surface area contributed by atoms with Crippen molar-refractivity contribution in [3.63, 3.8) is 0 Å². The van der Waals surface area contributed by atoms with E-state index in [9.17, 15) is 22.8 Å². The van der Waals surface area contributed by atoms with Crippen molar-refractivity contribution < 1.29 is 22.8 Å². The molecule has 1 unspecified atom stereocenters. The molecule has 1 fully saturated rings. The van der Waals surface area contributed by atoms with E-state index >= 15 is 0 Å². The molecule has 0 aliphatic carbocycles. The van der Waals surface area contributed by atoms with E-state index in [4.69, 9.17) is 11.6 Å². The lowest BCUT2D eigenvalue weighted by atomic mass is 10.1. The molecule has 4 nitrogen and oxygen atoms in total. The highest BCUT2D eigenvalue weighted by Gasteiger charge is 2.35. The van der Waals surface area contributed by atoms with Gasteiger partial charge < -0.3 is 10.2 Å². The molecule has 2 aromatic rings. The molecule has 2 amide bonds. The molecular formula is C18H14ClF3N2O2. The van der Waals surface area contributed by atoms with Crippen LogP contribution in [0.2, 0.25) is 5.02 Å². The van der Waals surface area contributed by atoms with Gasteiger partial charge in [0.15, 0.2) is 17.5 Å². The normalized spacial score (nSPS) is 16.8. The molecule has 0 saturated carbocycles. The van der Waals surface area contributed by atoms with Gasteiger partial charge in [0.05, 0.1) is 11.6 Å². The summed E-state index contributed by atoms with van der Waals surface area (Å²) < 4.78 is 39.9. The summed E-state index contributed by atoms with van der Waals surface area (Å²) >= 11 is 6.08. The predicted molar refractivity (Wildman–Crippen MR) is 89.9 cm³/mol. The van der Waals surface area contributed by atoms with E-state index in [1.165, 1.54) is 4.90 Å². The van der Waals surface area contributed by atoms with Crippen molar-refractivity contribution >= 4 is 29.1 Å². The second-order valence-corrected chi connectivity index (χ2v) is 6.39. The van der Waals surface area contributed by atoms with E-state index in [-0.39, 0.29) is 25.4 Å². The Morgan fingerprint density at radius 2 is 1.88 bits per heavy atom. The smallest absolute Gasteiger partial charge is 0.229 e. The highest BCUT2D eigenvalue weighted by Crippen LogP contribution is 2.26. The second-order valence-electron chi connectivity index (χ2n) is 5.98. The van der Waals surface area contributed by atoms with Crippen LogP contribution in [0.1, 0.15) is 12.0 Å². The first-order chi connectivity index (χ1) is 12.4. The Balaban J connectivity index is 1.68. The van der Waals surface area contributed by atoms with Crippen molar-refractivity contribution in [2.45, 2.75) is 13.0 Å². The van der Waals surface area contributed by atoms with Crippen LogP contribution in [0.3, 0.4) is 0 Å². The van der Waals surface area contributed by atoms with Gasteiger partial charge in [-0.25, -0.2) is 13.2 Å². The summed E-state index contributed by atoms with van der Waals surface area (Å²) in [6.07, 6.45) is -0.0540. The molecule has 1 N–H and O–H groups in total. The quantitative estimate of drug-likeness (QED) is 0.819. The molecule has 1 atom stereocenters. The zero-order valence-electron chi connectivity index (χ0n) is 13.4. The Hall–Kier alpha value is -2.54. The first kappa shape index (κ1) is 18.3. The number of anilines is 1. The van der Waals surface area contributed by atoms with E-state index in [0.29, 0.717) is 5.02 Å². The van der Waals surface area contributed by atoms with Crippen molar-refractivity contribution in [1.29, 1.82) is 0 Å². The van der Waals surface area contributed by atoms with E-state index in [1.807, 2.05) is 0 Å². The number of benzene rings is 2. The first-order valence-electron chi connectivity index (χ1n) is 7.82. The van der Waals surface area contributed by atoms with Gasteiger partial charge in [0.2, 0.25) is 11.8 Å². The number of nitrogens with one attached hydrogen (secondary N) is 1. The molecule has 1 saturated heterocycles. The van der Waals surface area contributed by atoms with Gasteiger partial charge in [-0.2, -0.15) is 0 Å². The molecule has 0 bridgehead atoms. The summed E-state index contributed by atoms with van der Waals surface area (Å²) in [6, 6.07) is 8.69. The predicted octanol–water partition coefficient (Wildman–Crippen LogP) is 3.74. The highest BCUT2D eigenvalue weighted by atomic mass is 35.5. The zero-order chi connectivity index (χ0) is 18.8. The summed E-state index contributed by atoms with van der Waals surface area (Å²) in [5.41, 5.74) is 0.279. The number of carbonyl (C=O) groups excluding carboxylic acids is 2. The van der Waals surface area contributed by atoms with E-state index in [2.05, 4.69) is 5.32 Å². The lowest BCUT2D eigenvalue weighted by Crippen LogP contribution is -2.28. The summed E-state index contributed by atoms with van der Waals surface area (Å²) in [6.45, 7) is 0.378. The summed E-state index contributed by atoms with van der Waals surface area (Å²) in [7, 11) is 0. The fourth-order valence-corrected chi connectivity index (χ4v) is 2.99. The minimum Gasteiger partial charge on any atom is -0.337 e. The molecule has 1 aliphatic rings. The van der Waals surface area contributed by atoms with Crippen molar-refractivity contribution in [3.05, 3.63) is 64.4 Å². The van der Waals surface area contributed by atoms with Gasteiger partial charge >= 0.3 is 0 Å². The summed E-state index contributed by atoms with van der Waals surface area (Å²) in [5.74, 6) is -6.08. The SMILES string of the molecule is O=C(Nc1ccc(F)c(F)c1F)C1CC(=O)N(Cc2ccccc2Cl)C1. The van der Waals surface area contributed by atoms with Crippen molar-refractivity contribution in [2.75, 3.05) is 11.9 Å². The third-order valence-electron chi connectivity index (χ3n) is 4.20. The maximum atomic E-state index is 13.7. The molecule has 1 heterocycles. The van der Waals surface area contributed by atoms with Gasteiger partial charge in [-0.15, -0.1) is 0 Å². The van der Waals surface area contributed by atoms with E-state index in [1.54, 1.807) is 24.3 Å². The zero-order valence-corrected chi connectivity index (χ0v) is 14.2. The van der Waals surface area contributed by atoms with Gasteiger partial charge in [-0.05, 0) is 23.8 Å². The van der Waals surface area contributed by atoms with Crippen LogP contribution in [-0.2, 0) is 16.1 Å². The molecule has 8 heteroatoms. The fraction of sp³-hybridized carbons (Fsp3) is 0.222. The maximum Gasteiger partial charge on any atom is 0.229 e. The minimum atomic E-state index is -1.66. The standard InChI is InChI=1S/C18H14ClF3N2O2/c19-12-4-2-1-3-10(12)8-24-9-11(7-15(24)25)18(26)23-14-6-5-13(20)16(21)17(14)22/h1-6,11H,7-9H2,(H,23,26). The Bertz CT molecular complexity index is 876. The molecular weight excluding hydrogens is 369 g/mol. The average molecular weight is 383 g/mol. The molecule has 0 spiro atoms. The van der Waals surface area contributed by atoms with Gasteiger partial charge in [0.1, 0.15) is 0 Å². The molecule has 26 heavy (non-hydrogen) atoms. The Labute approximate surface area is 152 Å². The van der Waals surface area contributed by atoms with Gasteiger partial charge in [-0.3, -0.25) is 9.59 Å². The number of likely N-dealkylation sites (tertiary alicyclic amines) is 1. The lowest BCUT2D eigenvalue weighted by molar-refractivity contribution is -0.128. The summed E-state index contributed by atoms with van der Waals surface area (Å²) in [5, 5.41) is 2.72. The van der Waals surface area contributed by atoms with Crippen LogP contribution < -0.4 is 5.32 Å². The summed E-state index contributed by atoms with van der Waals surface area (Å²) in [4.78, 5) is 25.9. The van der Waals surface area contributed by atoms with E-state index in [0.717, 1.165) is 17.7 Å². The monoisotopic (exact) mass is 382 g/mol. The number of rotatable bonds is 4. The van der Waals surface area contributed by atoms with Crippen molar-refractivity contribution in [1.82, 2.24) is 4.90 Å². The van der Waals surface area contributed by atoms with Crippen LogP contribution in [0.25, 0.3) is 0 Å². The van der Waals surface area contributed by atoms with Gasteiger partial charge in [-0.1, -0.05) is 29.8 Å². The van der Waals surface area contributed by atoms with Gasteiger partial charge in [0.25, 0.3) is 0 Å². The first-order valence-corrected chi connectivity index (χ1v) is 8.20. The van der Waals surface area contributed by atoms with Crippen LogP contribution in [-0.4, -0.2) is 23.3 Å². The molecule has 3 rings (SSSR count). The van der Waals surface area contributed by atoms with E-state index < -0.39 is 35.0 Å². The molecule has 1 aliphatic heterocycles. The third kappa shape index (κ3) is 3.67. The number of nitrogens with zero attached hydrogens (tertiary/aromatic N) is 1. The average Bonchev–Trinajstić information content (AvgIpc) is 2.98. The number of halogens is 4. The van der Waals surface area contributed by atoms with Gasteiger partial charge in [0, 0.05) is 24.5 Å². The van der Waals surface area contributed by atoms with Crippen LogP contribution >= 0.6 is 11.6 Å². The maximum absolute atomic E-state index is 13.7. The Morgan fingerprint density at radius 1 is 1.15 bits per heavy atom. The van der Waals surface area contributed by atoms with Crippen LogP contribution in [0.4, 0.5) is 18.9 Å². The number of hydrogen-bond donors (Lipinski definition) is 1. The third-order valence-corrected chi connectivity index (χ3v) is 4.57. The van der Waals surface area contributed by atoms with Crippen LogP contribution in [0.15, 0.2) is 36.4 Å². The molecule has 0 radical (unpaired) electrons.